The molecule has 7 nitrogen and oxygen atoms in total. The van der Waals surface area contributed by atoms with Crippen molar-refractivity contribution in [3.63, 3.8) is 0 Å². The zero-order chi connectivity index (χ0) is 17.9. The molecular formula is C19H25N5O2. The Labute approximate surface area is 152 Å². The molecular weight excluding hydrogens is 330 g/mol. The van der Waals surface area contributed by atoms with Crippen LogP contribution in [0.4, 0.5) is 0 Å². The summed E-state index contributed by atoms with van der Waals surface area (Å²) in [6, 6.07) is 0. The molecule has 1 N–H and O–H groups in total. The first kappa shape index (κ1) is 17.1. The summed E-state index contributed by atoms with van der Waals surface area (Å²) in [5.74, 6) is 0.993. The van der Waals surface area contributed by atoms with Gasteiger partial charge in [-0.3, -0.25) is 14.7 Å². The monoisotopic (exact) mass is 355 g/mol. The number of rotatable bonds is 4. The normalized spacial score (nSPS) is 22.1. The molecule has 7 heteroatoms. The predicted molar refractivity (Wildman–Crippen MR) is 96.4 cm³/mol. The van der Waals surface area contributed by atoms with Crippen LogP contribution in [0.1, 0.15) is 63.0 Å². The van der Waals surface area contributed by atoms with Crippen LogP contribution in [0.3, 0.4) is 0 Å². The van der Waals surface area contributed by atoms with Crippen LogP contribution in [0.2, 0.25) is 0 Å². The summed E-state index contributed by atoms with van der Waals surface area (Å²) in [5, 5.41) is 7.31. The minimum Gasteiger partial charge on any atom is -0.343 e. The van der Waals surface area contributed by atoms with Crippen molar-refractivity contribution in [2.45, 2.75) is 57.3 Å². The summed E-state index contributed by atoms with van der Waals surface area (Å²) in [6.07, 6.45) is 10.2. The SMILES string of the molecule is O=C1CCCCC1CCC(=O)N1CCC(c2[nH]nc3nccnc23)CC1. The van der Waals surface area contributed by atoms with E-state index in [1.165, 1.54) is 0 Å². The average Bonchev–Trinajstić information content (AvgIpc) is 3.11. The van der Waals surface area contributed by atoms with Crippen LogP contribution < -0.4 is 0 Å². The van der Waals surface area contributed by atoms with Gasteiger partial charge in [-0.05, 0) is 32.1 Å². The molecule has 2 fully saturated rings. The quantitative estimate of drug-likeness (QED) is 0.910. The molecule has 2 aromatic rings. The van der Waals surface area contributed by atoms with Gasteiger partial charge in [-0.1, -0.05) is 6.42 Å². The zero-order valence-electron chi connectivity index (χ0n) is 15.0. The Morgan fingerprint density at radius 2 is 1.96 bits per heavy atom. The number of fused-ring (bicyclic) bond motifs is 1. The Kier molecular flexibility index (Phi) is 4.95. The highest BCUT2D eigenvalue weighted by Gasteiger charge is 2.28. The van der Waals surface area contributed by atoms with Crippen molar-refractivity contribution in [1.82, 2.24) is 25.1 Å². The molecule has 0 bridgehead atoms. The predicted octanol–water partition coefficient (Wildman–Crippen LogP) is 2.60. The van der Waals surface area contributed by atoms with Crippen molar-refractivity contribution < 1.29 is 9.59 Å². The van der Waals surface area contributed by atoms with Crippen molar-refractivity contribution in [2.24, 2.45) is 5.92 Å². The third kappa shape index (κ3) is 3.48. The second-order valence-electron chi connectivity index (χ2n) is 7.47. The zero-order valence-corrected chi connectivity index (χ0v) is 15.0. The van der Waals surface area contributed by atoms with Crippen molar-refractivity contribution in [3.05, 3.63) is 18.1 Å². The number of nitrogens with zero attached hydrogens (tertiary/aromatic N) is 4. The standard InChI is InChI=1S/C19H25N5O2/c25-15-4-2-1-3-13(15)5-6-16(26)24-11-7-14(8-12-24)17-18-19(23-22-17)21-10-9-20-18/h9-10,13-14H,1-8,11-12H2,(H,21,22,23). The molecule has 2 aliphatic rings. The Balaban J connectivity index is 1.30. The molecule has 26 heavy (non-hydrogen) atoms. The molecule has 1 unspecified atom stereocenters. The number of aromatic nitrogens is 4. The maximum absolute atomic E-state index is 12.5. The van der Waals surface area contributed by atoms with E-state index in [9.17, 15) is 9.59 Å². The molecule has 1 saturated heterocycles. The van der Waals surface area contributed by atoms with Gasteiger partial charge in [-0.2, -0.15) is 5.10 Å². The second-order valence-corrected chi connectivity index (χ2v) is 7.47. The molecule has 1 amide bonds. The number of hydrogen-bond donors (Lipinski definition) is 1. The topological polar surface area (TPSA) is 91.8 Å². The van der Waals surface area contributed by atoms with E-state index in [0.29, 0.717) is 30.2 Å². The van der Waals surface area contributed by atoms with Crippen LogP contribution >= 0.6 is 0 Å². The highest BCUT2D eigenvalue weighted by molar-refractivity contribution is 5.83. The van der Waals surface area contributed by atoms with Gasteiger partial charge in [-0.15, -0.1) is 0 Å². The fourth-order valence-electron chi connectivity index (χ4n) is 4.29. The van der Waals surface area contributed by atoms with Gasteiger partial charge in [0, 0.05) is 50.2 Å². The van der Waals surface area contributed by atoms with Gasteiger partial charge in [0.25, 0.3) is 0 Å². The van der Waals surface area contributed by atoms with Crippen LogP contribution in [0, 0.1) is 5.92 Å². The van der Waals surface area contributed by atoms with E-state index >= 15 is 0 Å². The highest BCUT2D eigenvalue weighted by atomic mass is 16.2. The van der Waals surface area contributed by atoms with Crippen LogP contribution in [0.5, 0.6) is 0 Å². The van der Waals surface area contributed by atoms with E-state index in [0.717, 1.165) is 62.8 Å². The highest BCUT2D eigenvalue weighted by Crippen LogP contribution is 2.31. The Morgan fingerprint density at radius 1 is 1.15 bits per heavy atom. The largest absolute Gasteiger partial charge is 0.343 e. The number of likely N-dealkylation sites (tertiary alicyclic amines) is 1. The van der Waals surface area contributed by atoms with Gasteiger partial charge < -0.3 is 4.90 Å². The number of hydrogen-bond acceptors (Lipinski definition) is 5. The van der Waals surface area contributed by atoms with Gasteiger partial charge in [0.1, 0.15) is 11.3 Å². The number of amides is 1. The number of aromatic amines is 1. The molecule has 1 aliphatic carbocycles. The smallest absolute Gasteiger partial charge is 0.222 e. The van der Waals surface area contributed by atoms with Gasteiger partial charge in [0.2, 0.25) is 5.91 Å². The number of carbonyl (C=O) groups excluding carboxylic acids is 2. The van der Waals surface area contributed by atoms with Gasteiger partial charge >= 0.3 is 0 Å². The molecule has 0 aromatic carbocycles. The molecule has 1 aliphatic heterocycles. The lowest BCUT2D eigenvalue weighted by atomic mass is 9.84. The summed E-state index contributed by atoms with van der Waals surface area (Å²) in [5.41, 5.74) is 2.53. The molecule has 4 rings (SSSR count). The van der Waals surface area contributed by atoms with Crippen molar-refractivity contribution in [2.75, 3.05) is 13.1 Å². The van der Waals surface area contributed by atoms with Crippen LogP contribution in [0.25, 0.3) is 11.2 Å². The molecule has 138 valence electrons. The maximum Gasteiger partial charge on any atom is 0.222 e. The molecule has 1 saturated carbocycles. The number of H-pyrrole nitrogens is 1. The summed E-state index contributed by atoms with van der Waals surface area (Å²) in [6.45, 7) is 1.51. The van der Waals surface area contributed by atoms with Crippen molar-refractivity contribution in [3.8, 4) is 0 Å². The molecule has 2 aromatic heterocycles. The Morgan fingerprint density at radius 3 is 2.77 bits per heavy atom. The van der Waals surface area contributed by atoms with E-state index in [-0.39, 0.29) is 11.8 Å². The van der Waals surface area contributed by atoms with Gasteiger partial charge in [-0.25, -0.2) is 9.97 Å². The van der Waals surface area contributed by atoms with Crippen LogP contribution in [0.15, 0.2) is 12.4 Å². The fourth-order valence-corrected chi connectivity index (χ4v) is 4.29. The number of ketones is 1. The second kappa shape index (κ2) is 7.51. The minimum absolute atomic E-state index is 0.111. The third-order valence-corrected chi connectivity index (χ3v) is 5.86. The number of carbonyl (C=O) groups is 2. The van der Waals surface area contributed by atoms with Crippen molar-refractivity contribution in [1.29, 1.82) is 0 Å². The first-order chi connectivity index (χ1) is 12.7. The lowest BCUT2D eigenvalue weighted by Crippen LogP contribution is -2.38. The average molecular weight is 355 g/mol. The van der Waals surface area contributed by atoms with Crippen molar-refractivity contribution >= 4 is 22.9 Å². The minimum atomic E-state index is 0.111. The summed E-state index contributed by atoms with van der Waals surface area (Å²) in [4.78, 5) is 35.0. The van der Waals surface area contributed by atoms with E-state index in [1.54, 1.807) is 12.4 Å². The number of piperidine rings is 1. The number of Topliss-reactive ketones (excluding diaryl/α,β-unsaturated/α-hetero) is 1. The van der Waals surface area contributed by atoms with E-state index in [2.05, 4.69) is 20.2 Å². The molecule has 3 heterocycles. The van der Waals surface area contributed by atoms with E-state index in [1.807, 2.05) is 4.90 Å². The van der Waals surface area contributed by atoms with Crippen LogP contribution in [-0.4, -0.2) is 49.8 Å². The summed E-state index contributed by atoms with van der Waals surface area (Å²) >= 11 is 0. The lowest BCUT2D eigenvalue weighted by Gasteiger charge is -2.32. The maximum atomic E-state index is 12.5. The Hall–Kier alpha value is -2.31. The van der Waals surface area contributed by atoms with Gasteiger partial charge in [0.15, 0.2) is 5.65 Å². The summed E-state index contributed by atoms with van der Waals surface area (Å²) < 4.78 is 0. The first-order valence-electron chi connectivity index (χ1n) is 9.68. The fraction of sp³-hybridized carbons (Fsp3) is 0.632. The molecule has 0 spiro atoms. The van der Waals surface area contributed by atoms with E-state index in [4.69, 9.17) is 0 Å². The molecule has 1 atom stereocenters. The van der Waals surface area contributed by atoms with E-state index < -0.39 is 0 Å². The molecule has 0 radical (unpaired) electrons. The Bertz CT molecular complexity index is 794. The van der Waals surface area contributed by atoms with Gasteiger partial charge in [0.05, 0.1) is 5.69 Å². The number of nitrogens with one attached hydrogen (secondary N) is 1. The summed E-state index contributed by atoms with van der Waals surface area (Å²) in [7, 11) is 0. The van der Waals surface area contributed by atoms with Crippen LogP contribution in [-0.2, 0) is 9.59 Å². The first-order valence-corrected chi connectivity index (χ1v) is 9.68. The lowest BCUT2D eigenvalue weighted by molar-refractivity contribution is -0.133. The third-order valence-electron chi connectivity index (χ3n) is 5.86.